The van der Waals surface area contributed by atoms with Crippen molar-refractivity contribution in [1.29, 1.82) is 0 Å². The van der Waals surface area contributed by atoms with E-state index in [1.165, 1.54) is 7.11 Å². The number of likely N-dealkylation sites (N-methyl/N-ethyl adjacent to an activating group) is 1. The number of rotatable bonds is 4. The van der Waals surface area contributed by atoms with Gasteiger partial charge < -0.3 is 14.1 Å². The van der Waals surface area contributed by atoms with Gasteiger partial charge in [0.25, 0.3) is 0 Å². The first kappa shape index (κ1) is 13.1. The molecule has 2 aromatic heterocycles. The molecule has 0 fully saturated rings. The summed E-state index contributed by atoms with van der Waals surface area (Å²) in [5.74, 6) is 1.68. The molecule has 0 amide bonds. The highest BCUT2D eigenvalue weighted by Crippen LogP contribution is 2.21. The van der Waals surface area contributed by atoms with Crippen molar-refractivity contribution in [3.8, 4) is 11.3 Å². The summed E-state index contributed by atoms with van der Waals surface area (Å²) < 4.78 is 10.1. The summed E-state index contributed by atoms with van der Waals surface area (Å²) in [4.78, 5) is 21.2. The quantitative estimate of drug-likeness (QED) is 0.779. The average Bonchev–Trinajstić information content (AvgIpc) is 2.85. The smallest absolute Gasteiger partial charge is 0.325 e. The highest BCUT2D eigenvalue weighted by atomic mass is 16.5. The van der Waals surface area contributed by atoms with Crippen molar-refractivity contribution in [2.45, 2.75) is 6.92 Å². The first-order valence-corrected chi connectivity index (χ1v) is 5.77. The summed E-state index contributed by atoms with van der Waals surface area (Å²) in [6.45, 7) is 1.98. The monoisotopic (exact) mass is 261 g/mol. The molecular formula is C13H15N3O3. The predicted molar refractivity (Wildman–Crippen MR) is 69.8 cm³/mol. The van der Waals surface area contributed by atoms with Gasteiger partial charge in [0.05, 0.1) is 12.7 Å². The van der Waals surface area contributed by atoms with Crippen LogP contribution in [0.1, 0.15) is 5.76 Å². The molecule has 0 aliphatic heterocycles. The first-order valence-electron chi connectivity index (χ1n) is 5.77. The second-order valence-electron chi connectivity index (χ2n) is 4.11. The van der Waals surface area contributed by atoms with Crippen LogP contribution in [0.3, 0.4) is 0 Å². The molecule has 0 aromatic carbocycles. The van der Waals surface area contributed by atoms with Crippen LogP contribution in [0.5, 0.6) is 0 Å². The molecule has 0 unspecified atom stereocenters. The molecule has 0 bridgehead atoms. The number of aromatic nitrogens is 2. The van der Waals surface area contributed by atoms with E-state index in [-0.39, 0.29) is 12.5 Å². The van der Waals surface area contributed by atoms with E-state index in [4.69, 9.17) is 4.42 Å². The number of nitrogens with zero attached hydrogens (tertiary/aromatic N) is 3. The fourth-order valence-corrected chi connectivity index (χ4v) is 1.56. The lowest BCUT2D eigenvalue weighted by Gasteiger charge is -2.14. The molecule has 0 saturated carbocycles. The van der Waals surface area contributed by atoms with Crippen molar-refractivity contribution >= 4 is 11.9 Å². The molecule has 0 saturated heterocycles. The van der Waals surface area contributed by atoms with Crippen LogP contribution in [0.4, 0.5) is 5.95 Å². The van der Waals surface area contributed by atoms with Gasteiger partial charge in [-0.3, -0.25) is 4.79 Å². The molecule has 19 heavy (non-hydrogen) atoms. The lowest BCUT2D eigenvalue weighted by molar-refractivity contribution is -0.138. The number of esters is 1. The number of furan rings is 1. The van der Waals surface area contributed by atoms with Crippen molar-refractivity contribution in [1.82, 2.24) is 9.97 Å². The van der Waals surface area contributed by atoms with Gasteiger partial charge in [-0.1, -0.05) is 0 Å². The minimum absolute atomic E-state index is 0.107. The number of carbonyl (C=O) groups excluding carboxylic acids is 1. The molecule has 0 atom stereocenters. The zero-order valence-corrected chi connectivity index (χ0v) is 11.1. The van der Waals surface area contributed by atoms with E-state index in [9.17, 15) is 4.79 Å². The Hall–Kier alpha value is -2.37. The fourth-order valence-electron chi connectivity index (χ4n) is 1.56. The van der Waals surface area contributed by atoms with E-state index >= 15 is 0 Å². The van der Waals surface area contributed by atoms with E-state index in [1.54, 1.807) is 24.3 Å². The topological polar surface area (TPSA) is 68.5 Å². The van der Waals surface area contributed by atoms with Crippen LogP contribution in [0, 0.1) is 6.92 Å². The lowest BCUT2D eigenvalue weighted by Crippen LogP contribution is -2.27. The SMILES string of the molecule is COC(=O)CN(C)c1ncc(-c2ccc(C)o2)cn1. The van der Waals surface area contributed by atoms with Gasteiger partial charge in [0, 0.05) is 19.4 Å². The second-order valence-corrected chi connectivity index (χ2v) is 4.11. The van der Waals surface area contributed by atoms with Crippen LogP contribution in [0.15, 0.2) is 28.9 Å². The molecule has 2 heterocycles. The molecule has 0 aliphatic rings. The molecule has 100 valence electrons. The third-order valence-electron chi connectivity index (χ3n) is 2.60. The molecule has 2 aromatic rings. The van der Waals surface area contributed by atoms with Crippen molar-refractivity contribution in [2.75, 3.05) is 25.6 Å². The van der Waals surface area contributed by atoms with Gasteiger partial charge in [-0.25, -0.2) is 9.97 Å². The summed E-state index contributed by atoms with van der Waals surface area (Å²) in [5, 5.41) is 0. The van der Waals surface area contributed by atoms with E-state index in [2.05, 4.69) is 14.7 Å². The zero-order chi connectivity index (χ0) is 13.8. The van der Waals surface area contributed by atoms with Crippen molar-refractivity contribution in [3.05, 3.63) is 30.3 Å². The van der Waals surface area contributed by atoms with Gasteiger partial charge in [0.1, 0.15) is 18.1 Å². The van der Waals surface area contributed by atoms with Gasteiger partial charge >= 0.3 is 5.97 Å². The number of aryl methyl sites for hydroxylation is 1. The number of methoxy groups -OCH3 is 1. The lowest BCUT2D eigenvalue weighted by atomic mass is 10.3. The van der Waals surface area contributed by atoms with Crippen LogP contribution in [-0.4, -0.2) is 36.6 Å². The predicted octanol–water partition coefficient (Wildman–Crippen LogP) is 1.65. The Morgan fingerprint density at radius 2 is 2.05 bits per heavy atom. The maximum absolute atomic E-state index is 11.2. The maximum Gasteiger partial charge on any atom is 0.325 e. The van der Waals surface area contributed by atoms with E-state index in [1.807, 2.05) is 19.1 Å². The van der Waals surface area contributed by atoms with Gasteiger partial charge in [-0.15, -0.1) is 0 Å². The Balaban J connectivity index is 2.12. The minimum atomic E-state index is -0.336. The molecular weight excluding hydrogens is 246 g/mol. The van der Waals surface area contributed by atoms with Gasteiger partial charge in [-0.2, -0.15) is 0 Å². The van der Waals surface area contributed by atoms with Crippen molar-refractivity contribution in [2.24, 2.45) is 0 Å². The third kappa shape index (κ3) is 3.09. The standard InChI is InChI=1S/C13H15N3O3/c1-9-4-5-11(19-9)10-6-14-13(15-7-10)16(2)8-12(17)18-3/h4-7H,8H2,1-3H3. The van der Waals surface area contributed by atoms with Crippen LogP contribution in [-0.2, 0) is 9.53 Å². The van der Waals surface area contributed by atoms with Crippen LogP contribution in [0.25, 0.3) is 11.3 Å². The molecule has 2 rings (SSSR count). The van der Waals surface area contributed by atoms with Crippen LogP contribution >= 0.6 is 0 Å². The molecule has 0 aliphatic carbocycles. The number of anilines is 1. The maximum atomic E-state index is 11.2. The molecule has 6 heteroatoms. The Morgan fingerprint density at radius 3 is 2.58 bits per heavy atom. The molecule has 6 nitrogen and oxygen atoms in total. The fraction of sp³-hybridized carbons (Fsp3) is 0.308. The van der Waals surface area contributed by atoms with E-state index in [0.717, 1.165) is 17.1 Å². The van der Waals surface area contributed by atoms with Gasteiger partial charge in [0.2, 0.25) is 5.95 Å². The highest BCUT2D eigenvalue weighted by Gasteiger charge is 2.10. The number of carbonyl (C=O) groups is 1. The molecule has 0 radical (unpaired) electrons. The average molecular weight is 261 g/mol. The highest BCUT2D eigenvalue weighted by molar-refractivity contribution is 5.74. The Labute approximate surface area is 111 Å². The largest absolute Gasteiger partial charge is 0.468 e. The minimum Gasteiger partial charge on any atom is -0.468 e. The number of hydrogen-bond donors (Lipinski definition) is 0. The van der Waals surface area contributed by atoms with E-state index in [0.29, 0.717) is 5.95 Å². The third-order valence-corrected chi connectivity index (χ3v) is 2.60. The summed E-state index contributed by atoms with van der Waals surface area (Å²) in [5.41, 5.74) is 0.795. The number of ether oxygens (including phenoxy) is 1. The Morgan fingerprint density at radius 1 is 1.37 bits per heavy atom. The Bertz CT molecular complexity index is 563. The van der Waals surface area contributed by atoms with E-state index < -0.39 is 0 Å². The van der Waals surface area contributed by atoms with Gasteiger partial charge in [-0.05, 0) is 19.1 Å². The second kappa shape index (κ2) is 5.51. The molecule has 0 N–H and O–H groups in total. The zero-order valence-electron chi connectivity index (χ0n) is 11.1. The normalized spacial score (nSPS) is 10.3. The number of hydrogen-bond acceptors (Lipinski definition) is 6. The van der Waals surface area contributed by atoms with Gasteiger partial charge in [0.15, 0.2) is 0 Å². The van der Waals surface area contributed by atoms with Crippen molar-refractivity contribution in [3.63, 3.8) is 0 Å². The summed E-state index contributed by atoms with van der Waals surface area (Å²) >= 11 is 0. The van der Waals surface area contributed by atoms with Crippen LogP contribution < -0.4 is 4.90 Å². The summed E-state index contributed by atoms with van der Waals surface area (Å²) in [6.07, 6.45) is 3.32. The van der Waals surface area contributed by atoms with Crippen LogP contribution in [0.2, 0.25) is 0 Å². The molecule has 0 spiro atoms. The summed E-state index contributed by atoms with van der Waals surface area (Å²) in [7, 11) is 3.07. The Kier molecular flexibility index (Phi) is 3.79. The summed E-state index contributed by atoms with van der Waals surface area (Å²) in [6, 6.07) is 3.75. The first-order chi connectivity index (χ1) is 9.10. The van der Waals surface area contributed by atoms with Crippen molar-refractivity contribution < 1.29 is 13.9 Å².